The van der Waals surface area contributed by atoms with E-state index in [1.807, 2.05) is 0 Å². The van der Waals surface area contributed by atoms with Crippen LogP contribution in [0, 0.1) is 4.77 Å². The van der Waals surface area contributed by atoms with Gasteiger partial charge in [-0.15, -0.1) is 0 Å². The number of aromatic nitrogens is 2. The largest absolute Gasteiger partial charge is 0.471 e. The first kappa shape index (κ1) is 21.9. The topological polar surface area (TPSA) is 106 Å². The van der Waals surface area contributed by atoms with Crippen LogP contribution in [0.25, 0.3) is 0 Å². The predicted octanol–water partition coefficient (Wildman–Crippen LogP) is 0.836. The summed E-state index contributed by atoms with van der Waals surface area (Å²) in [6.45, 7) is 2.41. The summed E-state index contributed by atoms with van der Waals surface area (Å²) in [7, 11) is 0.932. The molecule has 4 unspecified atom stereocenters. The van der Waals surface area contributed by atoms with Crippen molar-refractivity contribution in [1.82, 2.24) is 14.5 Å². The van der Waals surface area contributed by atoms with E-state index in [1.165, 1.54) is 10.8 Å². The molecule has 162 valence electrons. The van der Waals surface area contributed by atoms with E-state index in [9.17, 15) is 27.9 Å². The SMILES string of the molecule is CN(Cc1cn(C2OC(CO)C3OC(C)(C)OC32)c(=S)[nH]c1=O)C(=O)C(F)(F)F. The normalized spacial score (nSPS) is 28.4. The average Bonchev–Trinajstić information content (AvgIpc) is 3.08. The van der Waals surface area contributed by atoms with Crippen LogP contribution in [0.2, 0.25) is 0 Å². The molecule has 2 aliphatic heterocycles. The molecule has 0 bridgehead atoms. The number of alkyl halides is 3. The summed E-state index contributed by atoms with van der Waals surface area (Å²) >= 11 is 5.16. The minimum atomic E-state index is -5.06. The van der Waals surface area contributed by atoms with Crippen molar-refractivity contribution in [2.75, 3.05) is 13.7 Å². The van der Waals surface area contributed by atoms with E-state index in [2.05, 4.69) is 4.98 Å². The number of carbonyl (C=O) groups is 1. The summed E-state index contributed by atoms with van der Waals surface area (Å²) < 4.78 is 56.5. The van der Waals surface area contributed by atoms with Crippen LogP contribution >= 0.6 is 12.2 Å². The average molecular weight is 439 g/mol. The number of aliphatic hydroxyl groups excluding tert-OH is 1. The number of amides is 1. The molecule has 0 aromatic carbocycles. The molecule has 3 rings (SSSR count). The van der Waals surface area contributed by atoms with Crippen LogP contribution in [0.15, 0.2) is 11.0 Å². The van der Waals surface area contributed by atoms with Gasteiger partial charge in [-0.1, -0.05) is 0 Å². The standard InChI is InChI=1S/C16H20F3N3O6S/c1-15(2)27-9-8(6-23)26-12(10(9)28-15)22-5-7(11(24)20-14(22)29)4-21(3)13(25)16(17,18)19/h5,8-10,12,23H,4,6H2,1-3H3,(H,20,24,29). The Bertz CT molecular complexity index is 914. The zero-order chi connectivity index (χ0) is 21.7. The Morgan fingerprint density at radius 1 is 1.38 bits per heavy atom. The number of rotatable bonds is 4. The van der Waals surface area contributed by atoms with Crippen molar-refractivity contribution in [3.8, 4) is 0 Å². The maximum atomic E-state index is 12.6. The Balaban J connectivity index is 1.93. The van der Waals surface area contributed by atoms with Gasteiger partial charge in [0.25, 0.3) is 5.56 Å². The zero-order valence-electron chi connectivity index (χ0n) is 15.7. The third-order valence-corrected chi connectivity index (χ3v) is 4.93. The third kappa shape index (κ3) is 4.23. The molecule has 29 heavy (non-hydrogen) atoms. The number of fused-ring (bicyclic) bond motifs is 1. The van der Waals surface area contributed by atoms with Gasteiger partial charge < -0.3 is 24.2 Å². The lowest BCUT2D eigenvalue weighted by Crippen LogP contribution is -2.39. The third-order valence-electron chi connectivity index (χ3n) is 4.62. The van der Waals surface area contributed by atoms with Crippen molar-refractivity contribution < 1.29 is 37.3 Å². The monoisotopic (exact) mass is 439 g/mol. The van der Waals surface area contributed by atoms with Crippen molar-refractivity contribution in [2.24, 2.45) is 0 Å². The van der Waals surface area contributed by atoms with E-state index >= 15 is 0 Å². The number of H-pyrrole nitrogens is 1. The number of nitrogens with zero attached hydrogens (tertiary/aromatic N) is 2. The smallest absolute Gasteiger partial charge is 0.394 e. The molecule has 0 radical (unpaired) electrons. The Morgan fingerprint density at radius 3 is 2.59 bits per heavy atom. The second kappa shape index (κ2) is 7.47. The van der Waals surface area contributed by atoms with Crippen LogP contribution in [0.3, 0.4) is 0 Å². The Morgan fingerprint density at radius 2 is 2.00 bits per heavy atom. The van der Waals surface area contributed by atoms with Crippen LogP contribution in [0.5, 0.6) is 0 Å². The molecule has 2 fully saturated rings. The van der Waals surface area contributed by atoms with Gasteiger partial charge in [0.05, 0.1) is 18.7 Å². The number of ether oxygens (including phenoxy) is 3. The molecule has 3 heterocycles. The van der Waals surface area contributed by atoms with E-state index in [4.69, 9.17) is 26.4 Å². The summed E-state index contributed by atoms with van der Waals surface area (Å²) in [4.78, 5) is 26.3. The highest BCUT2D eigenvalue weighted by molar-refractivity contribution is 7.71. The highest BCUT2D eigenvalue weighted by Gasteiger charge is 2.55. The molecule has 9 nitrogen and oxygen atoms in total. The van der Waals surface area contributed by atoms with Crippen molar-refractivity contribution in [1.29, 1.82) is 0 Å². The van der Waals surface area contributed by atoms with Gasteiger partial charge in [-0.25, -0.2) is 0 Å². The van der Waals surface area contributed by atoms with Crippen LogP contribution in [0.1, 0.15) is 25.6 Å². The molecule has 0 spiro atoms. The lowest BCUT2D eigenvalue weighted by molar-refractivity contribution is -0.200. The molecule has 1 aromatic heterocycles. The van der Waals surface area contributed by atoms with E-state index in [0.29, 0.717) is 4.90 Å². The number of aromatic amines is 1. The Hall–Kier alpha value is -1.80. The minimum Gasteiger partial charge on any atom is -0.394 e. The van der Waals surface area contributed by atoms with E-state index in [1.54, 1.807) is 13.8 Å². The van der Waals surface area contributed by atoms with Gasteiger partial charge in [0.15, 0.2) is 16.8 Å². The van der Waals surface area contributed by atoms with Crippen LogP contribution in [-0.2, 0) is 25.5 Å². The van der Waals surface area contributed by atoms with Crippen molar-refractivity contribution >= 4 is 18.1 Å². The Kier molecular flexibility index (Phi) is 5.64. The van der Waals surface area contributed by atoms with Gasteiger partial charge in [-0.2, -0.15) is 13.2 Å². The van der Waals surface area contributed by atoms with Gasteiger partial charge in [-0.3, -0.25) is 19.1 Å². The summed E-state index contributed by atoms with van der Waals surface area (Å²) in [5.41, 5.74) is -0.866. The van der Waals surface area contributed by atoms with Gasteiger partial charge in [0.2, 0.25) is 0 Å². The van der Waals surface area contributed by atoms with Crippen LogP contribution in [-0.4, -0.2) is 69.4 Å². The molecule has 1 aromatic rings. The molecule has 2 N–H and O–H groups in total. The Labute approximate surface area is 168 Å². The summed E-state index contributed by atoms with van der Waals surface area (Å²) in [5, 5.41) is 9.57. The molecule has 0 saturated carbocycles. The van der Waals surface area contributed by atoms with E-state index in [0.717, 1.165) is 7.05 Å². The summed E-state index contributed by atoms with van der Waals surface area (Å²) in [6, 6.07) is 0. The van der Waals surface area contributed by atoms with Crippen molar-refractivity contribution in [3.05, 3.63) is 26.9 Å². The quantitative estimate of drug-likeness (QED) is 0.670. The summed E-state index contributed by atoms with van der Waals surface area (Å²) in [5.74, 6) is -3.03. The number of hydrogen-bond donors (Lipinski definition) is 2. The highest BCUT2D eigenvalue weighted by atomic mass is 32.1. The van der Waals surface area contributed by atoms with Crippen LogP contribution in [0.4, 0.5) is 13.2 Å². The van der Waals surface area contributed by atoms with Gasteiger partial charge >= 0.3 is 12.1 Å². The molecule has 0 aliphatic carbocycles. The number of nitrogens with one attached hydrogen (secondary N) is 1. The van der Waals surface area contributed by atoms with Gasteiger partial charge in [0, 0.05) is 13.2 Å². The molecule has 2 aliphatic rings. The van der Waals surface area contributed by atoms with Crippen molar-refractivity contribution in [3.63, 3.8) is 0 Å². The van der Waals surface area contributed by atoms with Gasteiger partial charge in [-0.05, 0) is 26.1 Å². The maximum absolute atomic E-state index is 12.6. The minimum absolute atomic E-state index is 0.0563. The molecular formula is C16H20F3N3O6S. The lowest BCUT2D eigenvalue weighted by Gasteiger charge is -2.25. The molecule has 2 saturated heterocycles. The van der Waals surface area contributed by atoms with Crippen LogP contribution < -0.4 is 5.56 Å². The fourth-order valence-electron chi connectivity index (χ4n) is 3.40. The van der Waals surface area contributed by atoms with Crippen molar-refractivity contribution in [2.45, 2.75) is 56.9 Å². The number of carbonyl (C=O) groups excluding carboxylic acids is 1. The first-order valence-corrected chi connectivity index (χ1v) is 9.03. The maximum Gasteiger partial charge on any atom is 0.471 e. The first-order valence-electron chi connectivity index (χ1n) is 8.62. The fourth-order valence-corrected chi connectivity index (χ4v) is 3.65. The predicted molar refractivity (Wildman–Crippen MR) is 93.2 cm³/mol. The highest BCUT2D eigenvalue weighted by Crippen LogP contribution is 2.42. The molecule has 13 heteroatoms. The van der Waals surface area contributed by atoms with E-state index < -0.39 is 54.5 Å². The van der Waals surface area contributed by atoms with E-state index in [-0.39, 0.29) is 16.9 Å². The lowest BCUT2D eigenvalue weighted by atomic mass is 10.1. The zero-order valence-corrected chi connectivity index (χ0v) is 16.5. The molecule has 1 amide bonds. The number of aliphatic hydroxyl groups is 1. The fraction of sp³-hybridized carbons (Fsp3) is 0.688. The number of hydrogen-bond acceptors (Lipinski definition) is 7. The molecular weight excluding hydrogens is 419 g/mol. The second-order valence-electron chi connectivity index (χ2n) is 7.29. The second-order valence-corrected chi connectivity index (χ2v) is 7.68. The van der Waals surface area contributed by atoms with Gasteiger partial charge in [0.1, 0.15) is 18.3 Å². The molecule has 4 atom stereocenters. The first-order chi connectivity index (χ1) is 13.3. The number of halogens is 3. The summed E-state index contributed by atoms with van der Waals surface area (Å²) in [6.07, 6.45) is -6.75.